The fraction of sp³-hybridized carbons (Fsp3) is 0.150. The van der Waals surface area contributed by atoms with Gasteiger partial charge in [-0.25, -0.2) is 9.67 Å². The third kappa shape index (κ3) is 3.02. The molecule has 0 saturated carbocycles. The number of halogens is 1. The summed E-state index contributed by atoms with van der Waals surface area (Å²) in [6, 6.07) is 15.5. The van der Waals surface area contributed by atoms with Crippen LogP contribution in [0.1, 0.15) is 23.9 Å². The van der Waals surface area contributed by atoms with Crippen LogP contribution in [0.2, 0.25) is 5.02 Å². The van der Waals surface area contributed by atoms with E-state index < -0.39 is 0 Å². The van der Waals surface area contributed by atoms with Gasteiger partial charge >= 0.3 is 0 Å². The lowest BCUT2D eigenvalue weighted by Crippen LogP contribution is -2.13. The largest absolute Gasteiger partial charge is 0.310 e. The summed E-state index contributed by atoms with van der Waals surface area (Å²) in [4.78, 5) is 20.0. The van der Waals surface area contributed by atoms with Crippen molar-refractivity contribution >= 4 is 22.6 Å². The Balaban J connectivity index is 1.84. The van der Waals surface area contributed by atoms with Gasteiger partial charge in [0.1, 0.15) is 11.2 Å². The molecule has 0 aliphatic heterocycles. The lowest BCUT2D eigenvalue weighted by Gasteiger charge is -2.09. The minimum absolute atomic E-state index is 0.188. The molecule has 0 fully saturated rings. The molecule has 2 aromatic carbocycles. The van der Waals surface area contributed by atoms with E-state index in [0.29, 0.717) is 28.3 Å². The maximum Gasteiger partial charge on any atom is 0.262 e. The van der Waals surface area contributed by atoms with Crippen LogP contribution in [0.5, 0.6) is 0 Å². The van der Waals surface area contributed by atoms with Crippen molar-refractivity contribution in [2.24, 2.45) is 0 Å². The normalized spacial score (nSPS) is 11.2. The van der Waals surface area contributed by atoms with Gasteiger partial charge in [-0.1, -0.05) is 48.9 Å². The number of benzene rings is 2. The average Bonchev–Trinajstić information content (AvgIpc) is 3.06. The van der Waals surface area contributed by atoms with Crippen LogP contribution in [0.3, 0.4) is 0 Å². The number of hydrogen-bond donors (Lipinski definition) is 1. The van der Waals surface area contributed by atoms with Crippen molar-refractivity contribution in [1.29, 1.82) is 0 Å². The van der Waals surface area contributed by atoms with Gasteiger partial charge < -0.3 is 4.98 Å². The van der Waals surface area contributed by atoms with Crippen LogP contribution >= 0.6 is 11.6 Å². The molecule has 130 valence electrons. The molecule has 6 heteroatoms. The molecule has 0 bridgehead atoms. The zero-order valence-electron chi connectivity index (χ0n) is 14.2. The smallest absolute Gasteiger partial charge is 0.262 e. The summed E-state index contributed by atoms with van der Waals surface area (Å²) in [5, 5.41) is 5.55. The van der Waals surface area contributed by atoms with Crippen molar-refractivity contribution in [2.75, 3.05) is 0 Å². The third-order valence-electron chi connectivity index (χ3n) is 4.35. The number of aromatic nitrogens is 4. The first-order valence-corrected chi connectivity index (χ1v) is 8.83. The lowest BCUT2D eigenvalue weighted by molar-refractivity contribution is 0.865. The van der Waals surface area contributed by atoms with Crippen molar-refractivity contribution in [3.8, 4) is 5.69 Å². The van der Waals surface area contributed by atoms with Gasteiger partial charge in [0.25, 0.3) is 5.56 Å². The van der Waals surface area contributed by atoms with Gasteiger partial charge in [-0.3, -0.25) is 4.79 Å². The summed E-state index contributed by atoms with van der Waals surface area (Å²) in [6.07, 6.45) is 2.93. The maximum atomic E-state index is 12.5. The lowest BCUT2D eigenvalue weighted by atomic mass is 10.1. The monoisotopic (exact) mass is 364 g/mol. The zero-order valence-corrected chi connectivity index (χ0v) is 15.0. The molecule has 0 amide bonds. The van der Waals surface area contributed by atoms with E-state index >= 15 is 0 Å². The fourth-order valence-electron chi connectivity index (χ4n) is 3.08. The minimum atomic E-state index is -0.188. The molecule has 4 rings (SSSR count). The van der Waals surface area contributed by atoms with E-state index in [0.717, 1.165) is 23.2 Å². The fourth-order valence-corrected chi connectivity index (χ4v) is 3.29. The number of nitrogens with zero attached hydrogens (tertiary/aromatic N) is 3. The SMILES string of the molecule is CCc1ccccc1-n1ncc2c(=O)[nH]c(Cc3cccc(Cl)c3)nc21. The molecule has 2 aromatic heterocycles. The average molecular weight is 365 g/mol. The molecular weight excluding hydrogens is 348 g/mol. The van der Waals surface area contributed by atoms with E-state index in [1.54, 1.807) is 10.9 Å². The Labute approximate surface area is 155 Å². The molecule has 4 aromatic rings. The Bertz CT molecular complexity index is 1150. The maximum absolute atomic E-state index is 12.5. The second kappa shape index (κ2) is 6.77. The number of aromatic amines is 1. The topological polar surface area (TPSA) is 63.6 Å². The molecule has 0 radical (unpaired) electrons. The number of para-hydroxylation sites is 1. The van der Waals surface area contributed by atoms with E-state index in [-0.39, 0.29) is 5.56 Å². The van der Waals surface area contributed by atoms with Crippen molar-refractivity contribution < 1.29 is 0 Å². The highest BCUT2D eigenvalue weighted by Crippen LogP contribution is 2.19. The van der Waals surface area contributed by atoms with Gasteiger partial charge in [0.2, 0.25) is 0 Å². The van der Waals surface area contributed by atoms with E-state index in [2.05, 4.69) is 28.1 Å². The summed E-state index contributed by atoms with van der Waals surface area (Å²) in [5.74, 6) is 0.584. The van der Waals surface area contributed by atoms with Crippen LogP contribution < -0.4 is 5.56 Å². The van der Waals surface area contributed by atoms with Gasteiger partial charge in [-0.05, 0) is 35.7 Å². The molecule has 0 saturated heterocycles. The van der Waals surface area contributed by atoms with E-state index in [1.807, 2.05) is 42.5 Å². The number of rotatable bonds is 4. The number of fused-ring (bicyclic) bond motifs is 1. The van der Waals surface area contributed by atoms with E-state index in [9.17, 15) is 4.79 Å². The van der Waals surface area contributed by atoms with Crippen molar-refractivity contribution in [3.63, 3.8) is 0 Å². The van der Waals surface area contributed by atoms with Gasteiger partial charge in [-0.2, -0.15) is 5.10 Å². The predicted octanol–water partition coefficient (Wildman–Crippen LogP) is 3.92. The van der Waals surface area contributed by atoms with Crippen LogP contribution in [0, 0.1) is 0 Å². The predicted molar refractivity (Wildman–Crippen MR) is 103 cm³/mol. The van der Waals surface area contributed by atoms with Crippen LogP contribution in [-0.2, 0) is 12.8 Å². The number of nitrogens with one attached hydrogen (secondary N) is 1. The molecule has 26 heavy (non-hydrogen) atoms. The number of H-pyrrole nitrogens is 1. The third-order valence-corrected chi connectivity index (χ3v) is 4.58. The van der Waals surface area contributed by atoms with Crippen LogP contribution in [0.4, 0.5) is 0 Å². The Hall–Kier alpha value is -2.92. The van der Waals surface area contributed by atoms with Crippen LogP contribution in [-0.4, -0.2) is 19.7 Å². The standard InChI is InChI=1S/C20H17ClN4O/c1-2-14-7-3-4-9-17(14)25-19-16(12-22-25)20(26)24-18(23-19)11-13-6-5-8-15(21)10-13/h3-10,12H,2,11H2,1H3,(H,23,24,26). The quantitative estimate of drug-likeness (QED) is 0.597. The molecule has 0 unspecified atom stereocenters. The van der Waals surface area contributed by atoms with E-state index in [4.69, 9.17) is 11.6 Å². The van der Waals surface area contributed by atoms with Gasteiger partial charge in [-0.15, -0.1) is 0 Å². The highest BCUT2D eigenvalue weighted by molar-refractivity contribution is 6.30. The highest BCUT2D eigenvalue weighted by atomic mass is 35.5. The molecule has 1 N–H and O–H groups in total. The first-order valence-electron chi connectivity index (χ1n) is 8.45. The molecule has 5 nitrogen and oxygen atoms in total. The van der Waals surface area contributed by atoms with Gasteiger partial charge in [0.15, 0.2) is 5.65 Å². The molecular formula is C20H17ClN4O. The Kier molecular flexibility index (Phi) is 4.31. The Morgan fingerprint density at radius 3 is 2.81 bits per heavy atom. The van der Waals surface area contributed by atoms with Crippen molar-refractivity contribution in [3.05, 3.63) is 87.1 Å². The molecule has 0 aliphatic rings. The van der Waals surface area contributed by atoms with Crippen LogP contribution in [0.15, 0.2) is 59.5 Å². The summed E-state index contributed by atoms with van der Waals surface area (Å²) in [7, 11) is 0. The second-order valence-electron chi connectivity index (χ2n) is 6.10. The first-order chi connectivity index (χ1) is 12.7. The summed E-state index contributed by atoms with van der Waals surface area (Å²) in [6.45, 7) is 2.09. The number of hydrogen-bond acceptors (Lipinski definition) is 3. The van der Waals surface area contributed by atoms with Crippen molar-refractivity contribution in [1.82, 2.24) is 19.7 Å². The summed E-state index contributed by atoms with van der Waals surface area (Å²) >= 11 is 6.05. The first kappa shape index (κ1) is 16.5. The van der Waals surface area contributed by atoms with Gasteiger partial charge in [0.05, 0.1) is 11.9 Å². The Morgan fingerprint density at radius 1 is 1.15 bits per heavy atom. The number of aryl methyl sites for hydroxylation is 1. The van der Waals surface area contributed by atoms with E-state index in [1.165, 1.54) is 0 Å². The summed E-state index contributed by atoms with van der Waals surface area (Å²) < 4.78 is 1.74. The molecule has 0 aliphatic carbocycles. The molecule has 2 heterocycles. The Morgan fingerprint density at radius 2 is 2.00 bits per heavy atom. The second-order valence-corrected chi connectivity index (χ2v) is 6.53. The van der Waals surface area contributed by atoms with Crippen LogP contribution in [0.25, 0.3) is 16.7 Å². The van der Waals surface area contributed by atoms with Crippen molar-refractivity contribution in [2.45, 2.75) is 19.8 Å². The molecule has 0 atom stereocenters. The van der Waals surface area contributed by atoms with Gasteiger partial charge in [0, 0.05) is 11.4 Å². The highest BCUT2D eigenvalue weighted by Gasteiger charge is 2.13. The zero-order chi connectivity index (χ0) is 18.1. The molecule has 0 spiro atoms. The summed E-state index contributed by atoms with van der Waals surface area (Å²) in [5.41, 5.74) is 3.45. The minimum Gasteiger partial charge on any atom is -0.310 e.